The van der Waals surface area contributed by atoms with E-state index >= 15 is 0 Å². The lowest BCUT2D eigenvalue weighted by atomic mass is 10.3. The summed E-state index contributed by atoms with van der Waals surface area (Å²) in [7, 11) is -4.31. The Balaban J connectivity index is 3.85. The van der Waals surface area contributed by atoms with Crippen LogP contribution in [-0.4, -0.2) is 9.79 Å². The third-order valence-corrected chi connectivity index (χ3v) is 1.33. The van der Waals surface area contributed by atoms with E-state index in [4.69, 9.17) is 9.79 Å². The number of phosphoric acid groups is 1. The quantitative estimate of drug-likeness (QED) is 0.491. The fourth-order valence-corrected chi connectivity index (χ4v) is 0.559. The molecule has 0 aliphatic carbocycles. The molecule has 0 fully saturated rings. The van der Waals surface area contributed by atoms with Crippen LogP contribution in [0.2, 0.25) is 0 Å². The molecule has 0 atom stereocenters. The van der Waals surface area contributed by atoms with Crippen molar-refractivity contribution >= 4 is 7.82 Å². The maximum atomic E-state index is 10.1. The van der Waals surface area contributed by atoms with Crippen molar-refractivity contribution in [3.8, 4) is 0 Å². The van der Waals surface area contributed by atoms with E-state index in [1.54, 1.807) is 6.92 Å². The maximum absolute atomic E-state index is 10.1. The molecule has 0 aromatic rings. The molecule has 0 radical (unpaired) electrons. The van der Waals surface area contributed by atoms with Crippen molar-refractivity contribution in [1.29, 1.82) is 0 Å². The largest absolute Gasteiger partial charge is 0.524 e. The Bertz CT molecular complexity index is 168. The molecule has 0 saturated heterocycles. The average Bonchev–Trinajstić information content (AvgIpc) is 1.81. The van der Waals surface area contributed by atoms with Gasteiger partial charge in [0.2, 0.25) is 0 Å². The Morgan fingerprint density at radius 3 is 2.50 bits per heavy atom. The van der Waals surface area contributed by atoms with E-state index in [-0.39, 0.29) is 0 Å². The molecule has 0 bridgehead atoms. The summed E-state index contributed by atoms with van der Waals surface area (Å²) in [6, 6.07) is 0. The van der Waals surface area contributed by atoms with Gasteiger partial charge in [0.15, 0.2) is 0 Å². The van der Waals surface area contributed by atoms with Gasteiger partial charge in [-0.05, 0) is 18.9 Å². The van der Waals surface area contributed by atoms with E-state index < -0.39 is 7.82 Å². The van der Waals surface area contributed by atoms with Gasteiger partial charge >= 0.3 is 7.82 Å². The van der Waals surface area contributed by atoms with Crippen molar-refractivity contribution in [2.75, 3.05) is 0 Å². The van der Waals surface area contributed by atoms with Crippen LogP contribution in [-0.2, 0) is 9.09 Å². The van der Waals surface area contributed by atoms with Crippen LogP contribution < -0.4 is 0 Å². The molecule has 0 rings (SSSR count). The minimum Gasteiger partial charge on any atom is -0.412 e. The van der Waals surface area contributed by atoms with Crippen LogP contribution in [0, 0.1) is 0 Å². The second kappa shape index (κ2) is 3.76. The fraction of sp³-hybridized carbons (Fsp3) is 0.600. The zero-order chi connectivity index (χ0) is 8.20. The molecule has 0 aliphatic heterocycles. The number of allylic oxidation sites excluding steroid dienone is 1. The maximum Gasteiger partial charge on any atom is 0.524 e. The predicted octanol–water partition coefficient (Wildman–Crippen LogP) is 1.41. The van der Waals surface area contributed by atoms with E-state index in [1.807, 2.05) is 6.92 Å². The van der Waals surface area contributed by atoms with Gasteiger partial charge < -0.3 is 4.52 Å². The smallest absolute Gasteiger partial charge is 0.412 e. The second-order valence-corrected chi connectivity index (χ2v) is 3.11. The molecule has 2 N–H and O–H groups in total. The number of hydrogen-bond donors (Lipinski definition) is 2. The van der Waals surface area contributed by atoms with E-state index in [2.05, 4.69) is 4.52 Å². The van der Waals surface area contributed by atoms with Crippen LogP contribution in [0.15, 0.2) is 11.8 Å². The van der Waals surface area contributed by atoms with Crippen LogP contribution in [0.1, 0.15) is 20.3 Å². The summed E-state index contributed by atoms with van der Waals surface area (Å²) < 4.78 is 14.2. The Hall–Kier alpha value is -0.310. The van der Waals surface area contributed by atoms with Gasteiger partial charge in [0.05, 0.1) is 6.26 Å². The van der Waals surface area contributed by atoms with Crippen molar-refractivity contribution < 1.29 is 18.9 Å². The highest BCUT2D eigenvalue weighted by Crippen LogP contribution is 2.36. The van der Waals surface area contributed by atoms with Gasteiger partial charge in [-0.3, -0.25) is 9.79 Å². The molecule has 0 aliphatic rings. The Kier molecular flexibility index (Phi) is 3.64. The normalized spacial score (nSPS) is 13.4. The van der Waals surface area contributed by atoms with Gasteiger partial charge in [-0.25, -0.2) is 4.57 Å². The minimum absolute atomic E-state index is 0.722. The molecule has 10 heavy (non-hydrogen) atoms. The van der Waals surface area contributed by atoms with Crippen molar-refractivity contribution in [2.24, 2.45) is 0 Å². The number of rotatable bonds is 3. The Morgan fingerprint density at radius 2 is 2.20 bits per heavy atom. The molecule has 0 aromatic heterocycles. The summed E-state index contributed by atoms with van der Waals surface area (Å²) in [6.45, 7) is 3.60. The molecule has 5 heteroatoms. The highest BCUT2D eigenvalue weighted by Gasteiger charge is 2.11. The SMILES string of the molecule is CCC(C)=COP(=O)(O)O. The van der Waals surface area contributed by atoms with Crippen molar-refractivity contribution in [1.82, 2.24) is 0 Å². The number of phosphoric ester groups is 1. The van der Waals surface area contributed by atoms with Crippen LogP contribution >= 0.6 is 7.82 Å². The van der Waals surface area contributed by atoms with Gasteiger partial charge in [-0.15, -0.1) is 0 Å². The first-order valence-corrected chi connectivity index (χ1v) is 4.38. The molecule has 0 amide bonds. The van der Waals surface area contributed by atoms with Crippen molar-refractivity contribution in [2.45, 2.75) is 20.3 Å². The molecule has 4 nitrogen and oxygen atoms in total. The van der Waals surface area contributed by atoms with E-state index in [9.17, 15) is 4.57 Å². The van der Waals surface area contributed by atoms with E-state index in [0.29, 0.717) is 0 Å². The van der Waals surface area contributed by atoms with E-state index in [1.165, 1.54) is 0 Å². The first kappa shape index (κ1) is 9.69. The molecule has 0 spiro atoms. The first-order valence-electron chi connectivity index (χ1n) is 2.85. The fourth-order valence-electron chi connectivity index (χ4n) is 0.242. The molecular weight excluding hydrogens is 155 g/mol. The van der Waals surface area contributed by atoms with Crippen LogP contribution in [0.25, 0.3) is 0 Å². The second-order valence-electron chi connectivity index (χ2n) is 1.91. The zero-order valence-electron chi connectivity index (χ0n) is 5.94. The first-order chi connectivity index (χ1) is 4.45. The molecule has 60 valence electrons. The lowest BCUT2D eigenvalue weighted by Crippen LogP contribution is -1.80. The van der Waals surface area contributed by atoms with Crippen LogP contribution in [0.3, 0.4) is 0 Å². The molecular formula is C5H11O4P. The van der Waals surface area contributed by atoms with Gasteiger partial charge in [0.25, 0.3) is 0 Å². The van der Waals surface area contributed by atoms with Gasteiger partial charge in [0, 0.05) is 0 Å². The highest BCUT2D eigenvalue weighted by molar-refractivity contribution is 7.46. The van der Waals surface area contributed by atoms with Crippen LogP contribution in [0.4, 0.5) is 0 Å². The summed E-state index contributed by atoms with van der Waals surface area (Å²) in [6.07, 6.45) is 1.81. The summed E-state index contributed by atoms with van der Waals surface area (Å²) in [5, 5.41) is 0. The average molecular weight is 166 g/mol. The zero-order valence-corrected chi connectivity index (χ0v) is 6.84. The standard InChI is InChI=1S/C5H11O4P/c1-3-5(2)4-9-10(6,7)8/h4H,3H2,1-2H3,(H2,6,7,8). The topological polar surface area (TPSA) is 66.8 Å². The third kappa shape index (κ3) is 5.82. The lowest BCUT2D eigenvalue weighted by Gasteiger charge is -2.01. The summed E-state index contributed by atoms with van der Waals surface area (Å²) in [5.74, 6) is 0. The minimum atomic E-state index is -4.31. The Morgan fingerprint density at radius 1 is 1.70 bits per heavy atom. The highest BCUT2D eigenvalue weighted by atomic mass is 31.2. The Labute approximate surface area is 59.8 Å². The predicted molar refractivity (Wildman–Crippen MR) is 37.2 cm³/mol. The van der Waals surface area contributed by atoms with Gasteiger partial charge in [-0.1, -0.05) is 6.92 Å². The number of hydrogen-bond acceptors (Lipinski definition) is 2. The molecule has 0 unspecified atom stereocenters. The molecule has 0 saturated carbocycles. The monoisotopic (exact) mass is 166 g/mol. The van der Waals surface area contributed by atoms with Crippen molar-refractivity contribution in [3.63, 3.8) is 0 Å². The molecule has 0 heterocycles. The summed E-state index contributed by atoms with van der Waals surface area (Å²) in [4.78, 5) is 16.4. The summed E-state index contributed by atoms with van der Waals surface area (Å²) >= 11 is 0. The lowest BCUT2D eigenvalue weighted by molar-refractivity contribution is 0.257. The van der Waals surface area contributed by atoms with Crippen LogP contribution in [0.5, 0.6) is 0 Å². The molecule has 0 aromatic carbocycles. The summed E-state index contributed by atoms with van der Waals surface area (Å²) in [5.41, 5.74) is 0.795. The van der Waals surface area contributed by atoms with Gasteiger partial charge in [-0.2, -0.15) is 0 Å². The third-order valence-electron chi connectivity index (χ3n) is 0.949. The van der Waals surface area contributed by atoms with Crippen molar-refractivity contribution in [3.05, 3.63) is 11.8 Å². The van der Waals surface area contributed by atoms with Gasteiger partial charge in [0.1, 0.15) is 0 Å². The van der Waals surface area contributed by atoms with E-state index in [0.717, 1.165) is 18.3 Å².